The van der Waals surface area contributed by atoms with Gasteiger partial charge in [-0.05, 0) is 71.3 Å². The highest BCUT2D eigenvalue weighted by Crippen LogP contribution is 2.27. The quantitative estimate of drug-likeness (QED) is 0.454. The molecule has 3 aromatic carbocycles. The minimum Gasteiger partial charge on any atom is -0.497 e. The summed E-state index contributed by atoms with van der Waals surface area (Å²) in [5.74, 6) is 0.0145. The zero-order valence-corrected chi connectivity index (χ0v) is 18.9. The minimum absolute atomic E-state index is 0.0367. The Bertz CT molecular complexity index is 1160. The molecule has 0 heterocycles. The van der Waals surface area contributed by atoms with Gasteiger partial charge < -0.3 is 14.6 Å². The first kappa shape index (κ1) is 22.8. The van der Waals surface area contributed by atoms with E-state index in [9.17, 15) is 13.2 Å². The average molecular weight is 506 g/mol. The Balaban J connectivity index is 1.69. The molecule has 0 unspecified atom stereocenters. The van der Waals surface area contributed by atoms with Gasteiger partial charge in [0.25, 0.3) is 0 Å². The number of sulfonamides is 1. The van der Waals surface area contributed by atoms with Crippen molar-refractivity contribution >= 4 is 31.9 Å². The van der Waals surface area contributed by atoms with E-state index in [0.717, 1.165) is 26.9 Å². The summed E-state index contributed by atoms with van der Waals surface area (Å²) in [6.45, 7) is -0.397. The number of ether oxygens (including phenoxy) is 2. The average Bonchev–Trinajstić information content (AvgIpc) is 2.76. The molecule has 2 N–H and O–H groups in total. The fourth-order valence-electron chi connectivity index (χ4n) is 2.81. The highest BCUT2D eigenvalue weighted by atomic mass is 79.9. The third-order valence-corrected chi connectivity index (χ3v) is 6.21. The van der Waals surface area contributed by atoms with E-state index in [1.807, 2.05) is 47.2 Å². The van der Waals surface area contributed by atoms with Crippen molar-refractivity contribution in [1.29, 1.82) is 0 Å². The zero-order valence-electron chi connectivity index (χ0n) is 16.5. The summed E-state index contributed by atoms with van der Waals surface area (Å²) in [6, 6.07) is 19.5. The molecule has 0 aliphatic rings. The van der Waals surface area contributed by atoms with Gasteiger partial charge in [-0.25, -0.2) is 8.42 Å². The second-order valence-corrected chi connectivity index (χ2v) is 9.24. The van der Waals surface area contributed by atoms with Crippen LogP contribution in [0.2, 0.25) is 0 Å². The molecule has 0 aromatic heterocycles. The summed E-state index contributed by atoms with van der Waals surface area (Å²) in [6.07, 6.45) is 0. The number of carbonyl (C=O) groups is 1. The lowest BCUT2D eigenvalue weighted by Crippen LogP contribution is -2.29. The molecule has 0 aliphatic heterocycles. The van der Waals surface area contributed by atoms with Crippen LogP contribution in [-0.2, 0) is 21.4 Å². The Hall–Kier alpha value is -2.88. The molecule has 162 valence electrons. The van der Waals surface area contributed by atoms with Crippen molar-refractivity contribution in [2.75, 3.05) is 13.7 Å². The third-order valence-electron chi connectivity index (χ3n) is 4.33. The lowest BCUT2D eigenvalue weighted by atomic mass is 10.0. The third kappa shape index (κ3) is 6.30. The van der Waals surface area contributed by atoms with Crippen molar-refractivity contribution in [1.82, 2.24) is 4.72 Å². The van der Waals surface area contributed by atoms with Crippen LogP contribution in [-0.4, -0.2) is 33.1 Å². The summed E-state index contributed by atoms with van der Waals surface area (Å²) in [5.41, 5.74) is 2.98. The van der Waals surface area contributed by atoms with E-state index in [-0.39, 0.29) is 11.5 Å². The van der Waals surface area contributed by atoms with Crippen molar-refractivity contribution in [3.63, 3.8) is 0 Å². The fraction of sp³-hybridized carbons (Fsp3) is 0.136. The Kier molecular flexibility index (Phi) is 7.32. The Morgan fingerprint density at radius 2 is 1.61 bits per heavy atom. The lowest BCUT2D eigenvalue weighted by molar-refractivity contribution is -0.135. The highest BCUT2D eigenvalue weighted by molar-refractivity contribution is 9.10. The van der Waals surface area contributed by atoms with Gasteiger partial charge in [0.05, 0.1) is 12.0 Å². The van der Waals surface area contributed by atoms with E-state index in [4.69, 9.17) is 14.6 Å². The van der Waals surface area contributed by atoms with E-state index in [1.165, 1.54) is 24.3 Å². The van der Waals surface area contributed by atoms with Crippen molar-refractivity contribution in [2.45, 2.75) is 11.5 Å². The lowest BCUT2D eigenvalue weighted by Gasteiger charge is -2.11. The van der Waals surface area contributed by atoms with Crippen LogP contribution in [0.1, 0.15) is 5.56 Å². The van der Waals surface area contributed by atoms with Crippen LogP contribution in [0, 0.1) is 0 Å². The standard InChI is InChI=1S/C22H20BrNO6S/c1-29-19-4-2-16(3-5-19)17-10-15(11-18(23)12-17)14-30-20-6-8-21(9-7-20)31(27,28)24-13-22(25)26/h2-12,24H,13-14H2,1H3,(H,25,26). The van der Waals surface area contributed by atoms with E-state index >= 15 is 0 Å². The first-order valence-electron chi connectivity index (χ1n) is 9.15. The second-order valence-electron chi connectivity index (χ2n) is 6.56. The maximum atomic E-state index is 12.0. The molecule has 0 aliphatic carbocycles. The van der Waals surface area contributed by atoms with Gasteiger partial charge in [0, 0.05) is 4.47 Å². The summed E-state index contributed by atoms with van der Waals surface area (Å²) >= 11 is 3.53. The predicted molar refractivity (Wildman–Crippen MR) is 120 cm³/mol. The van der Waals surface area contributed by atoms with Crippen LogP contribution < -0.4 is 14.2 Å². The van der Waals surface area contributed by atoms with Crippen molar-refractivity contribution < 1.29 is 27.8 Å². The van der Waals surface area contributed by atoms with Gasteiger partial charge in [0.15, 0.2) is 0 Å². The number of hydrogen-bond donors (Lipinski definition) is 2. The second kappa shape index (κ2) is 9.95. The van der Waals surface area contributed by atoms with Gasteiger partial charge in [-0.2, -0.15) is 4.72 Å². The molecule has 0 saturated heterocycles. The van der Waals surface area contributed by atoms with E-state index < -0.39 is 22.5 Å². The number of halogens is 1. The Labute approximate surface area is 188 Å². The van der Waals surface area contributed by atoms with Crippen LogP contribution in [0.25, 0.3) is 11.1 Å². The molecule has 0 amide bonds. The zero-order chi connectivity index (χ0) is 22.4. The summed E-state index contributed by atoms with van der Waals surface area (Å²) in [4.78, 5) is 10.5. The van der Waals surface area contributed by atoms with Gasteiger partial charge >= 0.3 is 5.97 Å². The molecular weight excluding hydrogens is 486 g/mol. The smallest absolute Gasteiger partial charge is 0.318 e. The molecule has 0 fully saturated rings. The van der Waals surface area contributed by atoms with Gasteiger partial charge in [-0.15, -0.1) is 0 Å². The van der Waals surface area contributed by atoms with Crippen LogP contribution in [0.15, 0.2) is 76.1 Å². The van der Waals surface area contributed by atoms with Crippen LogP contribution in [0.4, 0.5) is 0 Å². The first-order valence-corrected chi connectivity index (χ1v) is 11.4. The van der Waals surface area contributed by atoms with Crippen molar-refractivity contribution in [3.8, 4) is 22.6 Å². The summed E-state index contributed by atoms with van der Waals surface area (Å²) in [5, 5.41) is 8.63. The van der Waals surface area contributed by atoms with Gasteiger partial charge in [-0.3, -0.25) is 4.79 Å². The number of rotatable bonds is 9. The Morgan fingerprint density at radius 3 is 2.23 bits per heavy atom. The van der Waals surface area contributed by atoms with Crippen molar-refractivity contribution in [3.05, 3.63) is 76.8 Å². The number of nitrogens with one attached hydrogen (secondary N) is 1. The molecule has 9 heteroatoms. The maximum absolute atomic E-state index is 12.0. The molecule has 3 rings (SSSR count). The van der Waals surface area contributed by atoms with E-state index in [2.05, 4.69) is 15.9 Å². The molecule has 3 aromatic rings. The van der Waals surface area contributed by atoms with E-state index in [0.29, 0.717) is 5.75 Å². The number of hydrogen-bond acceptors (Lipinski definition) is 5. The molecule has 0 saturated carbocycles. The molecule has 0 atom stereocenters. The van der Waals surface area contributed by atoms with Gasteiger partial charge in [0.1, 0.15) is 24.7 Å². The molecule has 0 radical (unpaired) electrons. The molecule has 7 nitrogen and oxygen atoms in total. The normalized spacial score (nSPS) is 11.2. The molecular formula is C22H20BrNO6S. The molecule has 31 heavy (non-hydrogen) atoms. The summed E-state index contributed by atoms with van der Waals surface area (Å²) < 4.78 is 38.0. The molecule has 0 bridgehead atoms. The van der Waals surface area contributed by atoms with E-state index in [1.54, 1.807) is 7.11 Å². The number of carboxylic acids is 1. The number of carboxylic acid groups (broad SMARTS) is 1. The van der Waals surface area contributed by atoms with Crippen LogP contribution in [0.5, 0.6) is 11.5 Å². The molecule has 0 spiro atoms. The van der Waals surface area contributed by atoms with Gasteiger partial charge in [0.2, 0.25) is 10.0 Å². The largest absolute Gasteiger partial charge is 0.497 e. The SMILES string of the molecule is COc1ccc(-c2cc(Br)cc(COc3ccc(S(=O)(=O)NCC(=O)O)cc3)c2)cc1. The monoisotopic (exact) mass is 505 g/mol. The Morgan fingerprint density at radius 1 is 0.968 bits per heavy atom. The fourth-order valence-corrected chi connectivity index (χ4v) is 4.32. The number of methoxy groups -OCH3 is 1. The maximum Gasteiger partial charge on any atom is 0.318 e. The minimum atomic E-state index is -3.89. The topological polar surface area (TPSA) is 102 Å². The van der Waals surface area contributed by atoms with Crippen LogP contribution in [0.3, 0.4) is 0 Å². The number of aliphatic carboxylic acids is 1. The summed E-state index contributed by atoms with van der Waals surface area (Å²) in [7, 11) is -2.26. The highest BCUT2D eigenvalue weighted by Gasteiger charge is 2.15. The van der Waals surface area contributed by atoms with Crippen molar-refractivity contribution in [2.24, 2.45) is 0 Å². The van der Waals surface area contributed by atoms with Gasteiger partial charge in [-0.1, -0.05) is 28.1 Å². The first-order chi connectivity index (χ1) is 14.8. The number of benzene rings is 3. The van der Waals surface area contributed by atoms with Crippen LogP contribution >= 0.6 is 15.9 Å². The predicted octanol–water partition coefficient (Wildman–Crippen LogP) is 4.07.